The van der Waals surface area contributed by atoms with Gasteiger partial charge < -0.3 is 4.74 Å². The molecule has 0 aliphatic carbocycles. The van der Waals surface area contributed by atoms with Crippen molar-refractivity contribution in [2.24, 2.45) is 0 Å². The van der Waals surface area contributed by atoms with E-state index in [9.17, 15) is 0 Å². The zero-order valence-corrected chi connectivity index (χ0v) is 13.0. The molecular formula is C14H12BrClOS. The first-order valence-electron chi connectivity index (χ1n) is 5.39. The van der Waals surface area contributed by atoms with Crippen LogP contribution in [-0.4, -0.2) is 6.26 Å². The average molecular weight is 344 g/mol. The normalized spacial score (nSPS) is 10.4. The Morgan fingerprint density at radius 1 is 1.17 bits per heavy atom. The Hall–Kier alpha value is -0.640. The summed E-state index contributed by atoms with van der Waals surface area (Å²) in [5.41, 5.74) is 0.972. The molecule has 94 valence electrons. The minimum atomic E-state index is 0.428. The standard InChI is InChI=1S/C14H12BrClOS/c1-18-13-5-3-12(4-6-13)17-14-7-2-11(15)8-10(14)9-16/h2-8H,9H2,1H3. The Bertz CT molecular complexity index is 528. The van der Waals surface area contributed by atoms with Crippen LogP contribution < -0.4 is 4.74 Å². The molecule has 0 saturated carbocycles. The Morgan fingerprint density at radius 3 is 2.50 bits per heavy atom. The van der Waals surface area contributed by atoms with E-state index >= 15 is 0 Å². The molecular weight excluding hydrogens is 332 g/mol. The Morgan fingerprint density at radius 2 is 1.89 bits per heavy atom. The minimum absolute atomic E-state index is 0.428. The molecule has 0 saturated heterocycles. The topological polar surface area (TPSA) is 9.23 Å². The lowest BCUT2D eigenvalue weighted by atomic mass is 10.2. The minimum Gasteiger partial charge on any atom is -0.457 e. The van der Waals surface area contributed by atoms with Gasteiger partial charge in [-0.3, -0.25) is 0 Å². The maximum Gasteiger partial charge on any atom is 0.131 e. The zero-order valence-electron chi connectivity index (χ0n) is 9.82. The molecule has 0 radical (unpaired) electrons. The number of rotatable bonds is 4. The van der Waals surface area contributed by atoms with Crippen LogP contribution in [0.15, 0.2) is 51.8 Å². The number of hydrogen-bond acceptors (Lipinski definition) is 2. The summed E-state index contributed by atoms with van der Waals surface area (Å²) in [7, 11) is 0. The fraction of sp³-hybridized carbons (Fsp3) is 0.143. The van der Waals surface area contributed by atoms with Crippen molar-refractivity contribution in [3.63, 3.8) is 0 Å². The van der Waals surface area contributed by atoms with Crippen molar-refractivity contribution in [2.75, 3.05) is 6.26 Å². The summed E-state index contributed by atoms with van der Waals surface area (Å²) < 4.78 is 6.84. The lowest BCUT2D eigenvalue weighted by molar-refractivity contribution is 0.478. The van der Waals surface area contributed by atoms with Crippen LogP contribution in [0.4, 0.5) is 0 Å². The third-order valence-corrected chi connectivity index (χ3v) is 3.98. The maximum atomic E-state index is 5.91. The van der Waals surface area contributed by atoms with Crippen LogP contribution in [0, 0.1) is 0 Å². The van der Waals surface area contributed by atoms with Crippen LogP contribution in [0.1, 0.15) is 5.56 Å². The summed E-state index contributed by atoms with van der Waals surface area (Å²) in [6, 6.07) is 13.8. The largest absolute Gasteiger partial charge is 0.457 e. The molecule has 2 aromatic carbocycles. The van der Waals surface area contributed by atoms with E-state index < -0.39 is 0 Å². The molecule has 0 unspecified atom stereocenters. The molecule has 0 bridgehead atoms. The molecule has 0 fully saturated rings. The molecule has 18 heavy (non-hydrogen) atoms. The van der Waals surface area contributed by atoms with Crippen molar-refractivity contribution in [2.45, 2.75) is 10.8 Å². The Kier molecular flexibility index (Phi) is 4.98. The number of alkyl halides is 1. The van der Waals surface area contributed by atoms with Gasteiger partial charge >= 0.3 is 0 Å². The summed E-state index contributed by atoms with van der Waals surface area (Å²) in [5.74, 6) is 2.05. The average Bonchev–Trinajstić information content (AvgIpc) is 2.41. The smallest absolute Gasteiger partial charge is 0.131 e. The predicted octanol–water partition coefficient (Wildman–Crippen LogP) is 5.70. The van der Waals surface area contributed by atoms with E-state index in [0.717, 1.165) is 21.5 Å². The van der Waals surface area contributed by atoms with Crippen molar-refractivity contribution < 1.29 is 4.74 Å². The highest BCUT2D eigenvalue weighted by molar-refractivity contribution is 9.10. The van der Waals surface area contributed by atoms with Crippen LogP contribution in [0.2, 0.25) is 0 Å². The molecule has 2 rings (SSSR count). The molecule has 2 aromatic rings. The second kappa shape index (κ2) is 6.50. The molecule has 0 spiro atoms. The van der Waals surface area contributed by atoms with Gasteiger partial charge in [0.25, 0.3) is 0 Å². The summed E-state index contributed by atoms with van der Waals surface area (Å²) in [5, 5.41) is 0. The second-order valence-electron chi connectivity index (χ2n) is 3.66. The first-order chi connectivity index (χ1) is 8.72. The molecule has 0 aromatic heterocycles. The van der Waals surface area contributed by atoms with Crippen LogP contribution in [0.3, 0.4) is 0 Å². The molecule has 1 nitrogen and oxygen atoms in total. The molecule has 4 heteroatoms. The van der Waals surface area contributed by atoms with Crippen molar-refractivity contribution >= 4 is 39.3 Å². The second-order valence-corrected chi connectivity index (χ2v) is 5.73. The Labute approximate surface area is 125 Å². The van der Waals surface area contributed by atoms with Crippen LogP contribution in [0.25, 0.3) is 0 Å². The summed E-state index contributed by atoms with van der Waals surface area (Å²) in [6.45, 7) is 0. The van der Waals surface area contributed by atoms with Gasteiger partial charge in [-0.2, -0.15) is 0 Å². The first kappa shape index (κ1) is 13.8. The molecule has 0 heterocycles. The van der Waals surface area contributed by atoms with Crippen LogP contribution in [0.5, 0.6) is 11.5 Å². The molecule has 0 N–H and O–H groups in total. The van der Waals surface area contributed by atoms with Gasteiger partial charge in [0.15, 0.2) is 0 Å². The lowest BCUT2D eigenvalue weighted by Gasteiger charge is -2.10. The molecule has 0 aliphatic heterocycles. The highest BCUT2D eigenvalue weighted by atomic mass is 79.9. The van der Waals surface area contributed by atoms with Gasteiger partial charge in [-0.05, 0) is 48.7 Å². The summed E-state index contributed by atoms with van der Waals surface area (Å²) >= 11 is 11.0. The maximum absolute atomic E-state index is 5.91. The van der Waals surface area contributed by atoms with E-state index in [1.165, 1.54) is 4.90 Å². The fourth-order valence-electron chi connectivity index (χ4n) is 1.52. The van der Waals surface area contributed by atoms with E-state index in [4.69, 9.17) is 16.3 Å². The van der Waals surface area contributed by atoms with Crippen molar-refractivity contribution in [1.29, 1.82) is 0 Å². The highest BCUT2D eigenvalue weighted by Gasteiger charge is 2.05. The number of benzene rings is 2. The molecule has 0 amide bonds. The van der Waals surface area contributed by atoms with E-state index in [1.807, 2.05) is 42.5 Å². The number of hydrogen-bond donors (Lipinski definition) is 0. The van der Waals surface area contributed by atoms with Crippen LogP contribution in [-0.2, 0) is 5.88 Å². The Balaban J connectivity index is 2.22. The number of ether oxygens (including phenoxy) is 1. The van der Waals surface area contributed by atoms with Crippen LogP contribution >= 0.6 is 39.3 Å². The van der Waals surface area contributed by atoms with Gasteiger partial charge in [0.05, 0.1) is 5.88 Å². The quantitative estimate of drug-likeness (QED) is 0.520. The number of halogens is 2. The van der Waals surface area contributed by atoms with Gasteiger partial charge in [-0.15, -0.1) is 23.4 Å². The monoisotopic (exact) mass is 342 g/mol. The zero-order chi connectivity index (χ0) is 13.0. The van der Waals surface area contributed by atoms with E-state index in [0.29, 0.717) is 5.88 Å². The van der Waals surface area contributed by atoms with Crippen molar-refractivity contribution in [3.05, 3.63) is 52.5 Å². The predicted molar refractivity (Wildman–Crippen MR) is 82.0 cm³/mol. The number of thioether (sulfide) groups is 1. The van der Waals surface area contributed by atoms with Crippen molar-refractivity contribution in [3.8, 4) is 11.5 Å². The molecule has 0 aliphatic rings. The van der Waals surface area contributed by atoms with Gasteiger partial charge in [-0.25, -0.2) is 0 Å². The first-order valence-corrected chi connectivity index (χ1v) is 7.94. The highest BCUT2D eigenvalue weighted by Crippen LogP contribution is 2.30. The molecule has 0 atom stereocenters. The van der Waals surface area contributed by atoms with Gasteiger partial charge in [0, 0.05) is 14.9 Å². The third-order valence-electron chi connectivity index (χ3n) is 2.45. The van der Waals surface area contributed by atoms with Gasteiger partial charge in [0.1, 0.15) is 11.5 Å². The van der Waals surface area contributed by atoms with Crippen molar-refractivity contribution in [1.82, 2.24) is 0 Å². The lowest BCUT2D eigenvalue weighted by Crippen LogP contribution is -1.89. The summed E-state index contributed by atoms with van der Waals surface area (Å²) in [4.78, 5) is 1.22. The van der Waals surface area contributed by atoms with E-state index in [1.54, 1.807) is 11.8 Å². The van der Waals surface area contributed by atoms with E-state index in [2.05, 4.69) is 22.2 Å². The SMILES string of the molecule is CSc1ccc(Oc2ccc(Br)cc2CCl)cc1. The fourth-order valence-corrected chi connectivity index (χ4v) is 2.55. The van der Waals surface area contributed by atoms with Gasteiger partial charge in [-0.1, -0.05) is 15.9 Å². The van der Waals surface area contributed by atoms with Gasteiger partial charge in [0.2, 0.25) is 0 Å². The summed E-state index contributed by atoms with van der Waals surface area (Å²) in [6.07, 6.45) is 2.05. The third kappa shape index (κ3) is 3.44. The van der Waals surface area contributed by atoms with E-state index in [-0.39, 0.29) is 0 Å².